The van der Waals surface area contributed by atoms with Crippen molar-refractivity contribution in [1.82, 2.24) is 10.3 Å². The number of nitrogens with zero attached hydrogens (tertiary/aromatic N) is 1. The number of aromatic nitrogens is 1. The average Bonchev–Trinajstić information content (AvgIpc) is 2.49. The zero-order valence-corrected chi connectivity index (χ0v) is 12.6. The van der Waals surface area contributed by atoms with Gasteiger partial charge in [-0.1, -0.05) is 11.6 Å². The molecule has 1 aliphatic rings. The van der Waals surface area contributed by atoms with Crippen molar-refractivity contribution in [3.8, 4) is 0 Å². The van der Waals surface area contributed by atoms with Gasteiger partial charge in [0.1, 0.15) is 0 Å². The standard InChI is InChI=1S/C12H15ClN2O2.CH3Cl/c1-17-12(16)9-6-10(13)11(15-7-9)8-2-4-14-5-3-8;1-2/h6-8,14H,2-5H2,1H3;1H3. The van der Waals surface area contributed by atoms with E-state index in [-0.39, 0.29) is 0 Å². The van der Waals surface area contributed by atoms with Gasteiger partial charge in [0.05, 0.1) is 23.4 Å². The van der Waals surface area contributed by atoms with E-state index >= 15 is 0 Å². The number of rotatable bonds is 2. The molecule has 4 nitrogen and oxygen atoms in total. The van der Waals surface area contributed by atoms with Crippen molar-refractivity contribution in [2.75, 3.05) is 26.6 Å². The minimum Gasteiger partial charge on any atom is -0.465 e. The van der Waals surface area contributed by atoms with Crippen LogP contribution in [0.2, 0.25) is 5.02 Å². The van der Waals surface area contributed by atoms with Crippen LogP contribution < -0.4 is 5.32 Å². The van der Waals surface area contributed by atoms with E-state index in [0.717, 1.165) is 31.6 Å². The SMILES string of the molecule is CCl.COC(=O)c1cnc(C2CCNCC2)c(Cl)c1. The highest BCUT2D eigenvalue weighted by Gasteiger charge is 2.20. The summed E-state index contributed by atoms with van der Waals surface area (Å²) in [6.45, 7) is 1.98. The Bertz CT molecular complexity index is 421. The van der Waals surface area contributed by atoms with Crippen molar-refractivity contribution >= 4 is 29.2 Å². The molecule has 106 valence electrons. The number of ether oxygens (including phenoxy) is 1. The summed E-state index contributed by atoms with van der Waals surface area (Å²) in [6, 6.07) is 1.64. The van der Waals surface area contributed by atoms with Gasteiger partial charge in [-0.2, -0.15) is 0 Å². The molecule has 19 heavy (non-hydrogen) atoms. The smallest absolute Gasteiger partial charge is 0.339 e. The molecule has 0 aromatic carbocycles. The number of esters is 1. The first kappa shape index (κ1) is 16.2. The van der Waals surface area contributed by atoms with Gasteiger partial charge in [-0.05, 0) is 32.0 Å². The molecule has 1 N–H and O–H groups in total. The lowest BCUT2D eigenvalue weighted by Gasteiger charge is -2.22. The number of hydrogen-bond acceptors (Lipinski definition) is 4. The van der Waals surface area contributed by atoms with Crippen molar-refractivity contribution in [3.63, 3.8) is 0 Å². The molecule has 0 amide bonds. The van der Waals surface area contributed by atoms with Gasteiger partial charge in [0, 0.05) is 18.5 Å². The Kier molecular flexibility index (Phi) is 7.13. The van der Waals surface area contributed by atoms with Crippen molar-refractivity contribution in [3.05, 3.63) is 28.5 Å². The van der Waals surface area contributed by atoms with Gasteiger partial charge in [0.25, 0.3) is 0 Å². The van der Waals surface area contributed by atoms with Crippen LogP contribution in [0.1, 0.15) is 34.8 Å². The number of halogens is 2. The highest BCUT2D eigenvalue weighted by atomic mass is 35.5. The van der Waals surface area contributed by atoms with E-state index < -0.39 is 5.97 Å². The molecular formula is C13H18Cl2N2O2. The zero-order chi connectivity index (χ0) is 14.3. The Labute approximate surface area is 123 Å². The third kappa shape index (κ3) is 4.34. The van der Waals surface area contributed by atoms with Crippen molar-refractivity contribution in [1.29, 1.82) is 0 Å². The molecule has 2 heterocycles. The van der Waals surface area contributed by atoms with Crippen molar-refractivity contribution < 1.29 is 9.53 Å². The highest BCUT2D eigenvalue weighted by Crippen LogP contribution is 2.29. The maximum absolute atomic E-state index is 11.3. The Hall–Kier alpha value is -0.840. The van der Waals surface area contributed by atoms with E-state index in [4.69, 9.17) is 11.6 Å². The molecule has 1 fully saturated rings. The second-order valence-electron chi connectivity index (χ2n) is 4.11. The lowest BCUT2D eigenvalue weighted by atomic mass is 9.94. The molecule has 0 aliphatic carbocycles. The van der Waals surface area contributed by atoms with Crippen LogP contribution in [-0.4, -0.2) is 37.5 Å². The fourth-order valence-electron chi connectivity index (χ4n) is 2.07. The van der Waals surface area contributed by atoms with Gasteiger partial charge in [0.2, 0.25) is 0 Å². The van der Waals surface area contributed by atoms with Crippen LogP contribution in [0.15, 0.2) is 12.3 Å². The number of pyridine rings is 1. The normalized spacial score (nSPS) is 15.4. The highest BCUT2D eigenvalue weighted by molar-refractivity contribution is 6.31. The minimum atomic E-state index is -0.406. The molecule has 0 spiro atoms. The quantitative estimate of drug-likeness (QED) is 0.674. The molecule has 0 bridgehead atoms. The van der Waals surface area contributed by atoms with E-state index in [1.54, 1.807) is 6.07 Å². The fraction of sp³-hybridized carbons (Fsp3) is 0.538. The molecule has 1 saturated heterocycles. The Morgan fingerprint density at radius 2 is 2.05 bits per heavy atom. The molecule has 6 heteroatoms. The third-order valence-electron chi connectivity index (χ3n) is 3.02. The van der Waals surface area contributed by atoms with E-state index in [0.29, 0.717) is 16.5 Å². The van der Waals surface area contributed by atoms with Gasteiger partial charge in [-0.15, -0.1) is 11.6 Å². The third-order valence-corrected chi connectivity index (χ3v) is 3.32. The van der Waals surface area contributed by atoms with E-state index in [2.05, 4.69) is 26.6 Å². The first-order valence-electron chi connectivity index (χ1n) is 6.04. The molecular weight excluding hydrogens is 287 g/mol. The number of hydrogen-bond donors (Lipinski definition) is 1. The summed E-state index contributed by atoms with van der Waals surface area (Å²) in [7, 11) is 1.34. The molecule has 0 unspecified atom stereocenters. The van der Waals surface area contributed by atoms with E-state index in [9.17, 15) is 4.79 Å². The molecule has 1 aromatic rings. The van der Waals surface area contributed by atoms with Crippen LogP contribution in [0, 0.1) is 0 Å². The van der Waals surface area contributed by atoms with Gasteiger partial charge in [-0.3, -0.25) is 4.98 Å². The summed E-state index contributed by atoms with van der Waals surface area (Å²) in [5, 5.41) is 3.85. The Morgan fingerprint density at radius 3 is 2.58 bits per heavy atom. The summed E-state index contributed by atoms with van der Waals surface area (Å²) in [6.07, 6.45) is 5.07. The Balaban J connectivity index is 0.000000861. The molecule has 0 atom stereocenters. The van der Waals surface area contributed by atoms with Crippen LogP contribution in [0.4, 0.5) is 0 Å². The number of carbonyl (C=O) groups is 1. The maximum atomic E-state index is 11.3. The second kappa shape index (κ2) is 8.35. The average molecular weight is 305 g/mol. The number of carbonyl (C=O) groups excluding carboxylic acids is 1. The van der Waals surface area contributed by atoms with Crippen molar-refractivity contribution in [2.45, 2.75) is 18.8 Å². The van der Waals surface area contributed by atoms with Crippen molar-refractivity contribution in [2.24, 2.45) is 0 Å². The van der Waals surface area contributed by atoms with Crippen LogP contribution >= 0.6 is 23.2 Å². The predicted molar refractivity (Wildman–Crippen MR) is 77.2 cm³/mol. The number of nitrogens with one attached hydrogen (secondary N) is 1. The first-order valence-corrected chi connectivity index (χ1v) is 7.18. The number of alkyl halides is 1. The maximum Gasteiger partial charge on any atom is 0.339 e. The number of piperidine rings is 1. The molecule has 2 rings (SSSR count). The van der Waals surface area contributed by atoms with Gasteiger partial charge < -0.3 is 10.1 Å². The molecule has 1 aliphatic heterocycles. The lowest BCUT2D eigenvalue weighted by molar-refractivity contribution is 0.0600. The van der Waals surface area contributed by atoms with Gasteiger partial charge in [0.15, 0.2) is 0 Å². The van der Waals surface area contributed by atoms with Crippen LogP contribution in [0.25, 0.3) is 0 Å². The summed E-state index contributed by atoms with van der Waals surface area (Å²) in [5.41, 5.74) is 1.29. The topological polar surface area (TPSA) is 51.2 Å². The predicted octanol–water partition coefficient (Wildman–Crippen LogP) is 2.84. The lowest BCUT2D eigenvalue weighted by Crippen LogP contribution is -2.27. The number of methoxy groups -OCH3 is 1. The van der Waals surface area contributed by atoms with Crippen LogP contribution in [-0.2, 0) is 4.74 Å². The monoisotopic (exact) mass is 304 g/mol. The molecule has 0 radical (unpaired) electrons. The van der Waals surface area contributed by atoms with Gasteiger partial charge in [-0.25, -0.2) is 4.79 Å². The van der Waals surface area contributed by atoms with Gasteiger partial charge >= 0.3 is 5.97 Å². The molecule has 1 aromatic heterocycles. The van der Waals surface area contributed by atoms with E-state index in [1.807, 2.05) is 0 Å². The Morgan fingerprint density at radius 1 is 1.42 bits per heavy atom. The minimum absolute atomic E-state index is 0.385. The summed E-state index contributed by atoms with van der Waals surface area (Å²) in [5.74, 6) is -0.0216. The van der Waals surface area contributed by atoms with Crippen LogP contribution in [0.5, 0.6) is 0 Å². The zero-order valence-electron chi connectivity index (χ0n) is 11.1. The first-order chi connectivity index (χ1) is 9.22. The fourth-order valence-corrected chi connectivity index (χ4v) is 2.39. The van der Waals surface area contributed by atoms with E-state index in [1.165, 1.54) is 19.7 Å². The summed E-state index contributed by atoms with van der Waals surface area (Å²) in [4.78, 5) is 15.6. The second-order valence-corrected chi connectivity index (χ2v) is 4.51. The molecule has 0 saturated carbocycles. The van der Waals surface area contributed by atoms with Crippen LogP contribution in [0.3, 0.4) is 0 Å². The largest absolute Gasteiger partial charge is 0.465 e. The summed E-state index contributed by atoms with van der Waals surface area (Å²) >= 11 is 10.8. The summed E-state index contributed by atoms with van der Waals surface area (Å²) < 4.78 is 4.63.